The van der Waals surface area contributed by atoms with Gasteiger partial charge in [-0.1, -0.05) is 11.6 Å². The molecule has 2 saturated heterocycles. The minimum atomic E-state index is -4.62. The lowest BCUT2D eigenvalue weighted by molar-refractivity contribution is -0.137. The van der Waals surface area contributed by atoms with Gasteiger partial charge in [-0.05, 0) is 57.6 Å². The van der Waals surface area contributed by atoms with Gasteiger partial charge in [0.2, 0.25) is 5.95 Å². The van der Waals surface area contributed by atoms with Crippen molar-refractivity contribution in [2.24, 2.45) is 0 Å². The molecule has 0 unspecified atom stereocenters. The maximum absolute atomic E-state index is 13.0. The summed E-state index contributed by atoms with van der Waals surface area (Å²) in [5.41, 5.74) is 0.0433. The predicted octanol–water partition coefficient (Wildman–Crippen LogP) is 5.36. The smallest absolute Gasteiger partial charge is 0.420 e. The van der Waals surface area contributed by atoms with Crippen molar-refractivity contribution in [3.8, 4) is 0 Å². The van der Waals surface area contributed by atoms with Crippen LogP contribution in [0.4, 0.5) is 35.4 Å². The molecule has 3 fully saturated rings. The van der Waals surface area contributed by atoms with Crippen molar-refractivity contribution in [1.29, 1.82) is 0 Å². The summed E-state index contributed by atoms with van der Waals surface area (Å²) in [6, 6.07) is 2.24. The van der Waals surface area contributed by atoms with Crippen LogP contribution in [0.1, 0.15) is 57.1 Å². The predicted molar refractivity (Wildman–Crippen MR) is 124 cm³/mol. The molecule has 1 N–H and O–H groups in total. The van der Waals surface area contributed by atoms with Crippen LogP contribution in [0, 0.1) is 0 Å². The molecule has 2 atom stereocenters. The van der Waals surface area contributed by atoms with Crippen molar-refractivity contribution in [2.75, 3.05) is 23.3 Å². The van der Waals surface area contributed by atoms with Crippen LogP contribution in [-0.2, 0) is 10.9 Å². The fraction of sp³-hybridized carbons (Fsp3) is 0.565. The number of carbonyl (C=O) groups is 1. The highest BCUT2D eigenvalue weighted by Crippen LogP contribution is 2.46. The van der Waals surface area contributed by atoms with Gasteiger partial charge in [-0.3, -0.25) is 0 Å². The van der Waals surface area contributed by atoms with Gasteiger partial charge in [-0.2, -0.15) is 13.2 Å². The third kappa shape index (κ3) is 4.96. The summed E-state index contributed by atoms with van der Waals surface area (Å²) >= 11 is 5.74. The molecule has 12 heteroatoms. The van der Waals surface area contributed by atoms with E-state index in [1.165, 1.54) is 0 Å². The fourth-order valence-electron chi connectivity index (χ4n) is 4.68. The number of aromatic nitrogens is 3. The summed E-state index contributed by atoms with van der Waals surface area (Å²) in [5.74, 6) is 1.13. The number of fused-ring (bicyclic) bond motifs is 2. The zero-order valence-electron chi connectivity index (χ0n) is 19.6. The highest BCUT2D eigenvalue weighted by molar-refractivity contribution is 6.30. The number of piperazine rings is 1. The van der Waals surface area contributed by atoms with Crippen molar-refractivity contribution < 1.29 is 22.7 Å². The number of ether oxygens (including phenoxy) is 1. The molecule has 5 rings (SSSR count). The number of anilines is 3. The zero-order valence-corrected chi connectivity index (χ0v) is 20.3. The van der Waals surface area contributed by atoms with Gasteiger partial charge in [0.25, 0.3) is 0 Å². The quantitative estimate of drug-likeness (QED) is 0.554. The second kappa shape index (κ2) is 8.39. The molecule has 1 amide bonds. The van der Waals surface area contributed by atoms with E-state index in [1.807, 2.05) is 26.8 Å². The van der Waals surface area contributed by atoms with E-state index in [2.05, 4.69) is 25.2 Å². The maximum Gasteiger partial charge on any atom is 0.420 e. The number of likely N-dealkylation sites (tertiary alicyclic amines) is 1. The molecule has 1 aliphatic carbocycles. The number of rotatable bonds is 4. The van der Waals surface area contributed by atoms with Crippen molar-refractivity contribution in [3.63, 3.8) is 0 Å². The third-order valence-electron chi connectivity index (χ3n) is 6.40. The summed E-state index contributed by atoms with van der Waals surface area (Å²) in [5, 5.41) is 2.33. The van der Waals surface area contributed by atoms with Crippen LogP contribution < -0.4 is 10.2 Å². The Morgan fingerprint density at radius 2 is 1.89 bits per heavy atom. The minimum absolute atomic E-state index is 0.0207. The summed E-state index contributed by atoms with van der Waals surface area (Å²) in [7, 11) is 0. The van der Waals surface area contributed by atoms with Gasteiger partial charge < -0.3 is 19.9 Å². The second-order valence-electron chi connectivity index (χ2n) is 10.3. The zero-order chi connectivity index (χ0) is 25.1. The largest absolute Gasteiger partial charge is 0.444 e. The number of hydrogen-bond donors (Lipinski definition) is 1. The normalized spacial score (nSPS) is 22.0. The SMILES string of the molecule is CC(C)(C)OC(=O)N1C[C@H]2C[C@@H]1CN2c1cc(C2CC2)c(Nc2ncc(C(F)(F)F)c(Cl)n2)cn1. The highest BCUT2D eigenvalue weighted by Gasteiger charge is 2.47. The van der Waals surface area contributed by atoms with Crippen LogP contribution in [0.5, 0.6) is 0 Å². The molecule has 4 heterocycles. The van der Waals surface area contributed by atoms with Gasteiger partial charge in [0.05, 0.1) is 24.0 Å². The Morgan fingerprint density at radius 3 is 2.46 bits per heavy atom. The Labute approximate surface area is 205 Å². The van der Waals surface area contributed by atoms with Gasteiger partial charge in [0, 0.05) is 19.3 Å². The number of amides is 1. The molecule has 188 valence electrons. The van der Waals surface area contributed by atoms with E-state index in [9.17, 15) is 18.0 Å². The maximum atomic E-state index is 13.0. The number of carbonyl (C=O) groups excluding carboxylic acids is 1. The molecular formula is C23H26ClF3N6O2. The third-order valence-corrected chi connectivity index (χ3v) is 6.68. The van der Waals surface area contributed by atoms with Crippen LogP contribution in [0.25, 0.3) is 0 Å². The monoisotopic (exact) mass is 510 g/mol. The summed E-state index contributed by atoms with van der Waals surface area (Å²) in [4.78, 5) is 28.7. The Hall–Kier alpha value is -2.82. The van der Waals surface area contributed by atoms with Gasteiger partial charge >= 0.3 is 12.3 Å². The molecule has 0 radical (unpaired) electrons. The number of pyridine rings is 1. The van der Waals surface area contributed by atoms with E-state index in [0.717, 1.165) is 30.6 Å². The van der Waals surface area contributed by atoms with Crippen LogP contribution >= 0.6 is 11.6 Å². The van der Waals surface area contributed by atoms with E-state index < -0.39 is 22.5 Å². The number of nitrogens with one attached hydrogen (secondary N) is 1. The average Bonchev–Trinajstić information content (AvgIpc) is 3.39. The molecule has 35 heavy (non-hydrogen) atoms. The molecule has 2 aromatic heterocycles. The molecule has 2 aliphatic heterocycles. The molecule has 0 aromatic carbocycles. The minimum Gasteiger partial charge on any atom is -0.444 e. The molecule has 2 aromatic rings. The summed E-state index contributed by atoms with van der Waals surface area (Å²) in [6.07, 6.45) is 0.328. The Bertz CT molecular complexity index is 1150. The van der Waals surface area contributed by atoms with E-state index >= 15 is 0 Å². The van der Waals surface area contributed by atoms with Crippen LogP contribution in [0.15, 0.2) is 18.5 Å². The number of halogens is 4. The first-order valence-corrected chi connectivity index (χ1v) is 11.9. The molecular weight excluding hydrogens is 485 g/mol. The Kier molecular flexibility index (Phi) is 5.73. The van der Waals surface area contributed by atoms with Crippen LogP contribution in [0.3, 0.4) is 0 Å². The van der Waals surface area contributed by atoms with Gasteiger partial charge in [0.1, 0.15) is 22.1 Å². The average molecular weight is 511 g/mol. The topological polar surface area (TPSA) is 83.5 Å². The Balaban J connectivity index is 1.32. The van der Waals surface area contributed by atoms with Crippen molar-refractivity contribution >= 4 is 35.1 Å². The molecule has 1 saturated carbocycles. The summed E-state index contributed by atoms with van der Waals surface area (Å²) in [6.45, 7) is 6.82. The van der Waals surface area contributed by atoms with E-state index in [0.29, 0.717) is 30.9 Å². The van der Waals surface area contributed by atoms with Crippen molar-refractivity contribution in [1.82, 2.24) is 19.9 Å². The van der Waals surface area contributed by atoms with Gasteiger partial charge in [-0.25, -0.2) is 19.7 Å². The lowest BCUT2D eigenvalue weighted by atomic mass is 10.1. The molecule has 2 bridgehead atoms. The fourth-order valence-corrected chi connectivity index (χ4v) is 4.91. The lowest BCUT2D eigenvalue weighted by Gasteiger charge is -2.36. The van der Waals surface area contributed by atoms with E-state index in [1.54, 1.807) is 11.1 Å². The van der Waals surface area contributed by atoms with E-state index in [-0.39, 0.29) is 24.1 Å². The van der Waals surface area contributed by atoms with E-state index in [4.69, 9.17) is 16.3 Å². The Morgan fingerprint density at radius 1 is 1.14 bits per heavy atom. The first-order chi connectivity index (χ1) is 16.4. The summed E-state index contributed by atoms with van der Waals surface area (Å²) < 4.78 is 44.4. The number of nitrogens with zero attached hydrogens (tertiary/aromatic N) is 5. The molecule has 8 nitrogen and oxygen atoms in total. The van der Waals surface area contributed by atoms with Gasteiger partial charge in [-0.15, -0.1) is 0 Å². The first kappa shape index (κ1) is 23.9. The van der Waals surface area contributed by atoms with Gasteiger partial charge in [0.15, 0.2) is 0 Å². The number of alkyl halides is 3. The highest BCUT2D eigenvalue weighted by atomic mass is 35.5. The first-order valence-electron chi connectivity index (χ1n) is 11.5. The van der Waals surface area contributed by atoms with Crippen LogP contribution in [-0.4, -0.2) is 56.7 Å². The second-order valence-corrected chi connectivity index (χ2v) is 10.6. The molecule has 3 aliphatic rings. The van der Waals surface area contributed by atoms with Crippen molar-refractivity contribution in [2.45, 2.75) is 69.8 Å². The van der Waals surface area contributed by atoms with Crippen LogP contribution in [0.2, 0.25) is 5.15 Å². The standard InChI is InChI=1S/C23H26ClF3N6O2/c1-22(2,3)35-21(34)33-11-13-6-14(33)10-32(13)18-7-15(12-4-5-12)17(9-28-18)30-20-29-8-16(19(24)31-20)23(25,26)27/h7-9,12-14H,4-6,10-11H2,1-3H3,(H,29,30,31)/t13-,14-/m1/s1. The lowest BCUT2D eigenvalue weighted by Crippen LogP contribution is -2.50. The molecule has 0 spiro atoms. The van der Waals surface area contributed by atoms with Crippen molar-refractivity contribution in [3.05, 3.63) is 34.7 Å². The number of hydrogen-bond acceptors (Lipinski definition) is 7.